The van der Waals surface area contributed by atoms with E-state index in [1.807, 2.05) is 6.07 Å². The van der Waals surface area contributed by atoms with Crippen LogP contribution in [-0.4, -0.2) is 42.7 Å². The fraction of sp³-hybridized carbons (Fsp3) is 0.263. The number of carbonyl (C=O) groups excluding carboxylic acids is 2. The van der Waals surface area contributed by atoms with E-state index in [0.717, 1.165) is 0 Å². The standard InChI is InChI=1S/C19H21N3O3/c23-17-12-20-10-15(17)11-21-18(24)14-6-8-16(9-7-14)22-19(25)13-4-2-1-3-5-13/h1-9,15,17,20,23H,10-12H2,(H,21,24)(H,22,25). The molecule has 2 atom stereocenters. The third-order valence-corrected chi connectivity index (χ3v) is 4.27. The molecule has 2 aromatic carbocycles. The van der Waals surface area contributed by atoms with E-state index in [1.54, 1.807) is 48.5 Å². The van der Waals surface area contributed by atoms with Crippen LogP contribution in [0.4, 0.5) is 5.69 Å². The first-order chi connectivity index (χ1) is 12.1. The minimum absolute atomic E-state index is 0.0355. The summed E-state index contributed by atoms with van der Waals surface area (Å²) in [6.07, 6.45) is -0.420. The van der Waals surface area contributed by atoms with Gasteiger partial charge in [-0.1, -0.05) is 18.2 Å². The van der Waals surface area contributed by atoms with Crippen molar-refractivity contribution in [3.8, 4) is 0 Å². The molecule has 2 unspecified atom stereocenters. The van der Waals surface area contributed by atoms with Crippen molar-refractivity contribution in [2.75, 3.05) is 25.0 Å². The van der Waals surface area contributed by atoms with E-state index < -0.39 is 6.10 Å². The van der Waals surface area contributed by atoms with E-state index in [-0.39, 0.29) is 17.7 Å². The molecule has 0 radical (unpaired) electrons. The maximum Gasteiger partial charge on any atom is 0.255 e. The second kappa shape index (κ2) is 7.92. The SMILES string of the molecule is O=C(NCC1CNCC1O)c1ccc(NC(=O)c2ccccc2)cc1. The Hall–Kier alpha value is -2.70. The number of aliphatic hydroxyl groups is 1. The molecule has 0 spiro atoms. The molecule has 0 aliphatic carbocycles. The summed E-state index contributed by atoms with van der Waals surface area (Å²) in [7, 11) is 0. The van der Waals surface area contributed by atoms with Crippen LogP contribution in [0.3, 0.4) is 0 Å². The highest BCUT2D eigenvalue weighted by Crippen LogP contribution is 2.12. The average molecular weight is 339 g/mol. The van der Waals surface area contributed by atoms with Gasteiger partial charge in [-0.25, -0.2) is 0 Å². The van der Waals surface area contributed by atoms with E-state index in [9.17, 15) is 14.7 Å². The zero-order valence-corrected chi connectivity index (χ0v) is 13.7. The van der Waals surface area contributed by atoms with Gasteiger partial charge in [-0.15, -0.1) is 0 Å². The van der Waals surface area contributed by atoms with Gasteiger partial charge in [-0.3, -0.25) is 9.59 Å². The number of carbonyl (C=O) groups is 2. The summed E-state index contributed by atoms with van der Waals surface area (Å²) in [4.78, 5) is 24.3. The summed E-state index contributed by atoms with van der Waals surface area (Å²) >= 11 is 0. The van der Waals surface area contributed by atoms with Gasteiger partial charge < -0.3 is 21.1 Å². The molecular weight excluding hydrogens is 318 g/mol. The quantitative estimate of drug-likeness (QED) is 0.660. The molecule has 6 heteroatoms. The van der Waals surface area contributed by atoms with E-state index in [2.05, 4.69) is 16.0 Å². The maximum absolute atomic E-state index is 12.2. The normalized spacial score (nSPS) is 19.4. The molecule has 0 aromatic heterocycles. The number of benzene rings is 2. The lowest BCUT2D eigenvalue weighted by Crippen LogP contribution is -2.34. The van der Waals surface area contributed by atoms with Crippen molar-refractivity contribution in [3.05, 3.63) is 65.7 Å². The fourth-order valence-corrected chi connectivity index (χ4v) is 2.75. The van der Waals surface area contributed by atoms with Crippen LogP contribution in [0.2, 0.25) is 0 Å². The monoisotopic (exact) mass is 339 g/mol. The Kier molecular flexibility index (Phi) is 5.42. The van der Waals surface area contributed by atoms with Gasteiger partial charge in [-0.05, 0) is 36.4 Å². The number of aliphatic hydroxyl groups excluding tert-OH is 1. The average Bonchev–Trinajstić information content (AvgIpc) is 3.06. The molecule has 2 amide bonds. The second-order valence-electron chi connectivity index (χ2n) is 6.09. The van der Waals surface area contributed by atoms with E-state index in [4.69, 9.17) is 0 Å². The zero-order valence-electron chi connectivity index (χ0n) is 13.7. The smallest absolute Gasteiger partial charge is 0.255 e. The minimum atomic E-state index is -0.420. The van der Waals surface area contributed by atoms with Gasteiger partial charge in [0.2, 0.25) is 0 Å². The minimum Gasteiger partial charge on any atom is -0.391 e. The van der Waals surface area contributed by atoms with Crippen LogP contribution in [0.25, 0.3) is 0 Å². The highest BCUT2D eigenvalue weighted by atomic mass is 16.3. The first-order valence-electron chi connectivity index (χ1n) is 8.27. The van der Waals surface area contributed by atoms with Crippen molar-refractivity contribution in [1.82, 2.24) is 10.6 Å². The molecule has 4 N–H and O–H groups in total. The molecule has 6 nitrogen and oxygen atoms in total. The number of rotatable bonds is 5. The third kappa shape index (κ3) is 4.43. The Labute approximate surface area is 146 Å². The lowest BCUT2D eigenvalue weighted by Gasteiger charge is -2.14. The maximum atomic E-state index is 12.2. The molecule has 1 aliphatic heterocycles. The fourth-order valence-electron chi connectivity index (χ4n) is 2.75. The van der Waals surface area contributed by atoms with Crippen molar-refractivity contribution in [1.29, 1.82) is 0 Å². The van der Waals surface area contributed by atoms with Crippen LogP contribution in [-0.2, 0) is 0 Å². The van der Waals surface area contributed by atoms with Gasteiger partial charge in [0.05, 0.1) is 6.10 Å². The lowest BCUT2D eigenvalue weighted by molar-refractivity contribution is 0.0926. The van der Waals surface area contributed by atoms with Crippen molar-refractivity contribution >= 4 is 17.5 Å². The Morgan fingerprint density at radius 3 is 2.28 bits per heavy atom. The van der Waals surface area contributed by atoms with Crippen LogP contribution in [0.1, 0.15) is 20.7 Å². The predicted molar refractivity (Wildman–Crippen MR) is 95.5 cm³/mol. The van der Waals surface area contributed by atoms with Crippen LogP contribution in [0.15, 0.2) is 54.6 Å². The van der Waals surface area contributed by atoms with Gasteiger partial charge in [-0.2, -0.15) is 0 Å². The number of amides is 2. The summed E-state index contributed by atoms with van der Waals surface area (Å²) in [5.74, 6) is -0.353. The number of nitrogens with one attached hydrogen (secondary N) is 3. The first-order valence-corrected chi connectivity index (χ1v) is 8.27. The molecule has 3 rings (SSSR count). The summed E-state index contributed by atoms with van der Waals surface area (Å²) in [6, 6.07) is 15.7. The molecule has 1 fully saturated rings. The van der Waals surface area contributed by atoms with Crippen LogP contribution in [0, 0.1) is 5.92 Å². The van der Waals surface area contributed by atoms with Gasteiger partial charge in [0.1, 0.15) is 0 Å². The van der Waals surface area contributed by atoms with Crippen molar-refractivity contribution < 1.29 is 14.7 Å². The van der Waals surface area contributed by atoms with Crippen molar-refractivity contribution in [3.63, 3.8) is 0 Å². The first kappa shape index (κ1) is 17.1. The Morgan fingerprint density at radius 2 is 1.64 bits per heavy atom. The molecule has 0 bridgehead atoms. The second-order valence-corrected chi connectivity index (χ2v) is 6.09. The van der Waals surface area contributed by atoms with E-state index >= 15 is 0 Å². The molecule has 25 heavy (non-hydrogen) atoms. The van der Waals surface area contributed by atoms with Gasteiger partial charge in [0.25, 0.3) is 11.8 Å². The van der Waals surface area contributed by atoms with Crippen molar-refractivity contribution in [2.24, 2.45) is 5.92 Å². The highest BCUT2D eigenvalue weighted by Gasteiger charge is 2.25. The molecule has 2 aromatic rings. The number of hydrogen-bond donors (Lipinski definition) is 4. The number of anilines is 1. The third-order valence-electron chi connectivity index (χ3n) is 4.27. The summed E-state index contributed by atoms with van der Waals surface area (Å²) < 4.78 is 0. The van der Waals surface area contributed by atoms with Crippen LogP contribution >= 0.6 is 0 Å². The highest BCUT2D eigenvalue weighted by molar-refractivity contribution is 6.04. The van der Waals surface area contributed by atoms with Crippen LogP contribution < -0.4 is 16.0 Å². The Balaban J connectivity index is 1.54. The van der Waals surface area contributed by atoms with E-state index in [1.165, 1.54) is 0 Å². The molecular formula is C19H21N3O3. The topological polar surface area (TPSA) is 90.5 Å². The van der Waals surface area contributed by atoms with Gasteiger partial charge >= 0.3 is 0 Å². The predicted octanol–water partition coefficient (Wildman–Crippen LogP) is 1.25. The number of β-amino-alcohol motifs (C(OH)–C–C–N with tert-alkyl or cyclic N) is 1. The molecule has 0 saturated carbocycles. The molecule has 1 saturated heterocycles. The zero-order chi connectivity index (χ0) is 17.6. The van der Waals surface area contributed by atoms with Gasteiger partial charge in [0, 0.05) is 42.4 Å². The Bertz CT molecular complexity index is 731. The summed E-state index contributed by atoms with van der Waals surface area (Å²) in [5.41, 5.74) is 1.71. The van der Waals surface area contributed by atoms with Gasteiger partial charge in [0.15, 0.2) is 0 Å². The largest absolute Gasteiger partial charge is 0.391 e. The number of hydrogen-bond acceptors (Lipinski definition) is 4. The lowest BCUT2D eigenvalue weighted by atomic mass is 10.1. The van der Waals surface area contributed by atoms with E-state index in [0.29, 0.717) is 36.4 Å². The summed E-state index contributed by atoms with van der Waals surface area (Å²) in [6.45, 7) is 1.70. The van der Waals surface area contributed by atoms with Crippen LogP contribution in [0.5, 0.6) is 0 Å². The van der Waals surface area contributed by atoms with Crippen molar-refractivity contribution in [2.45, 2.75) is 6.10 Å². The molecule has 130 valence electrons. The Morgan fingerprint density at radius 1 is 0.960 bits per heavy atom. The molecule has 1 heterocycles. The molecule has 1 aliphatic rings. The summed E-state index contributed by atoms with van der Waals surface area (Å²) in [5, 5.41) is 18.4.